The second-order valence-corrected chi connectivity index (χ2v) is 7.63. The first-order chi connectivity index (χ1) is 14.2. The monoisotopic (exact) mass is 388 g/mol. The van der Waals surface area contributed by atoms with Crippen molar-refractivity contribution in [3.8, 4) is 5.69 Å². The van der Waals surface area contributed by atoms with E-state index < -0.39 is 0 Å². The quantitative estimate of drug-likeness (QED) is 0.714. The van der Waals surface area contributed by atoms with Crippen LogP contribution in [0.4, 0.5) is 10.6 Å². The number of hydrogen-bond acceptors (Lipinski definition) is 3. The summed E-state index contributed by atoms with van der Waals surface area (Å²) in [6, 6.07) is 17.7. The Bertz CT molecular complexity index is 1040. The fraction of sp³-hybridized carbons (Fsp3) is 0.304. The summed E-state index contributed by atoms with van der Waals surface area (Å²) in [6.07, 6.45) is 3.70. The number of hydrogen-bond donors (Lipinski definition) is 2. The van der Waals surface area contributed by atoms with E-state index in [9.17, 15) is 4.79 Å². The molecule has 2 atom stereocenters. The van der Waals surface area contributed by atoms with Crippen LogP contribution in [0.25, 0.3) is 5.69 Å². The van der Waals surface area contributed by atoms with Crippen LogP contribution < -0.4 is 10.6 Å². The first-order valence-electron chi connectivity index (χ1n) is 10.1. The Hall–Kier alpha value is -3.12. The SMILES string of the molecule is COC1Cc2ccccc2C1NC(=O)Nc1c2c(nn1-c1ccccc1)CCC2. The van der Waals surface area contributed by atoms with Crippen molar-refractivity contribution in [1.82, 2.24) is 15.1 Å². The Morgan fingerprint density at radius 2 is 1.90 bits per heavy atom. The Morgan fingerprint density at radius 3 is 2.72 bits per heavy atom. The molecule has 29 heavy (non-hydrogen) atoms. The molecule has 0 radical (unpaired) electrons. The number of benzene rings is 2. The molecule has 6 heteroatoms. The lowest BCUT2D eigenvalue weighted by Gasteiger charge is -2.21. The number of aryl methyl sites for hydroxylation is 1. The number of fused-ring (bicyclic) bond motifs is 2. The fourth-order valence-corrected chi connectivity index (χ4v) is 4.51. The van der Waals surface area contributed by atoms with Gasteiger partial charge in [-0.05, 0) is 42.5 Å². The highest BCUT2D eigenvalue weighted by Crippen LogP contribution is 2.34. The summed E-state index contributed by atoms with van der Waals surface area (Å²) in [6.45, 7) is 0. The van der Waals surface area contributed by atoms with E-state index in [1.807, 2.05) is 47.1 Å². The van der Waals surface area contributed by atoms with Crippen LogP contribution in [0.3, 0.4) is 0 Å². The van der Waals surface area contributed by atoms with Crippen molar-refractivity contribution in [1.29, 1.82) is 0 Å². The number of para-hydroxylation sites is 1. The number of nitrogens with zero attached hydrogens (tertiary/aromatic N) is 2. The summed E-state index contributed by atoms with van der Waals surface area (Å²) >= 11 is 0. The normalized spacial score (nSPS) is 19.6. The second kappa shape index (κ2) is 7.37. The van der Waals surface area contributed by atoms with Gasteiger partial charge in [-0.25, -0.2) is 9.48 Å². The minimum absolute atomic E-state index is 0.0668. The molecule has 0 saturated heterocycles. The molecule has 0 saturated carbocycles. The molecule has 2 N–H and O–H groups in total. The van der Waals surface area contributed by atoms with Crippen LogP contribution in [0.15, 0.2) is 54.6 Å². The van der Waals surface area contributed by atoms with Crippen LogP contribution in [-0.4, -0.2) is 29.0 Å². The van der Waals surface area contributed by atoms with E-state index in [1.54, 1.807) is 7.11 Å². The van der Waals surface area contributed by atoms with E-state index in [0.717, 1.165) is 54.0 Å². The van der Waals surface area contributed by atoms with Crippen molar-refractivity contribution >= 4 is 11.8 Å². The van der Waals surface area contributed by atoms with Gasteiger partial charge in [0.15, 0.2) is 0 Å². The zero-order chi connectivity index (χ0) is 19.8. The van der Waals surface area contributed by atoms with Crippen LogP contribution in [0, 0.1) is 0 Å². The molecule has 2 unspecified atom stereocenters. The van der Waals surface area contributed by atoms with Crippen LogP contribution in [0.5, 0.6) is 0 Å². The summed E-state index contributed by atoms with van der Waals surface area (Å²) in [7, 11) is 1.69. The third kappa shape index (κ3) is 3.19. The van der Waals surface area contributed by atoms with Gasteiger partial charge in [-0.15, -0.1) is 0 Å². The first kappa shape index (κ1) is 17.9. The van der Waals surface area contributed by atoms with Crippen molar-refractivity contribution < 1.29 is 9.53 Å². The van der Waals surface area contributed by atoms with E-state index >= 15 is 0 Å². The zero-order valence-corrected chi connectivity index (χ0v) is 16.4. The highest BCUT2D eigenvalue weighted by Gasteiger charge is 2.34. The molecule has 0 spiro atoms. The molecule has 5 rings (SSSR count). The molecule has 2 amide bonds. The van der Waals surface area contributed by atoms with Gasteiger partial charge in [0.1, 0.15) is 5.82 Å². The summed E-state index contributed by atoms with van der Waals surface area (Å²) in [5.74, 6) is 0.765. The zero-order valence-electron chi connectivity index (χ0n) is 16.4. The molecule has 148 valence electrons. The Labute approximate surface area is 169 Å². The number of carbonyl (C=O) groups is 1. The van der Waals surface area contributed by atoms with Crippen LogP contribution in [0.1, 0.15) is 34.8 Å². The minimum Gasteiger partial charge on any atom is -0.379 e. The van der Waals surface area contributed by atoms with Crippen molar-refractivity contribution in [2.24, 2.45) is 0 Å². The average Bonchev–Trinajstić information content (AvgIpc) is 3.43. The molecule has 1 heterocycles. The van der Waals surface area contributed by atoms with E-state index in [-0.39, 0.29) is 18.2 Å². The van der Waals surface area contributed by atoms with Crippen LogP contribution >= 0.6 is 0 Å². The third-order valence-electron chi connectivity index (χ3n) is 5.91. The van der Waals surface area contributed by atoms with Crippen molar-refractivity contribution in [2.45, 2.75) is 37.8 Å². The van der Waals surface area contributed by atoms with Gasteiger partial charge in [-0.3, -0.25) is 5.32 Å². The van der Waals surface area contributed by atoms with Crippen molar-refractivity contribution in [3.63, 3.8) is 0 Å². The molecule has 0 bridgehead atoms. The van der Waals surface area contributed by atoms with E-state index in [4.69, 9.17) is 9.84 Å². The summed E-state index contributed by atoms with van der Waals surface area (Å²) in [4.78, 5) is 13.0. The lowest BCUT2D eigenvalue weighted by Crippen LogP contribution is -2.38. The highest BCUT2D eigenvalue weighted by molar-refractivity contribution is 5.90. The molecule has 2 aliphatic carbocycles. The molecular formula is C23H24N4O2. The number of urea groups is 1. The van der Waals surface area contributed by atoms with Gasteiger partial charge < -0.3 is 10.1 Å². The smallest absolute Gasteiger partial charge is 0.320 e. The molecule has 1 aromatic heterocycles. The predicted molar refractivity (Wildman–Crippen MR) is 111 cm³/mol. The van der Waals surface area contributed by atoms with Gasteiger partial charge in [-0.2, -0.15) is 5.10 Å². The van der Waals surface area contributed by atoms with Gasteiger partial charge in [-0.1, -0.05) is 42.5 Å². The van der Waals surface area contributed by atoms with Crippen LogP contribution in [0.2, 0.25) is 0 Å². The maximum atomic E-state index is 13.0. The van der Waals surface area contributed by atoms with E-state index in [1.165, 1.54) is 5.56 Å². The van der Waals surface area contributed by atoms with Crippen LogP contribution in [-0.2, 0) is 24.0 Å². The van der Waals surface area contributed by atoms with Gasteiger partial charge in [0.05, 0.1) is 23.5 Å². The minimum atomic E-state index is -0.236. The largest absolute Gasteiger partial charge is 0.379 e. The summed E-state index contributed by atoms with van der Waals surface area (Å²) < 4.78 is 7.50. The van der Waals surface area contributed by atoms with Gasteiger partial charge >= 0.3 is 6.03 Å². The maximum absolute atomic E-state index is 13.0. The number of aromatic nitrogens is 2. The van der Waals surface area contributed by atoms with Gasteiger partial charge in [0, 0.05) is 19.1 Å². The fourth-order valence-electron chi connectivity index (χ4n) is 4.51. The van der Waals surface area contributed by atoms with Crippen molar-refractivity contribution in [3.05, 3.63) is 77.0 Å². The number of methoxy groups -OCH3 is 1. The molecule has 0 fully saturated rings. The molecule has 2 aromatic carbocycles. The van der Waals surface area contributed by atoms with E-state index in [0.29, 0.717) is 0 Å². The lowest BCUT2D eigenvalue weighted by molar-refractivity contribution is 0.0823. The molecular weight excluding hydrogens is 364 g/mol. The first-order valence-corrected chi connectivity index (χ1v) is 10.1. The number of anilines is 1. The number of ether oxygens (including phenoxy) is 1. The highest BCUT2D eigenvalue weighted by atomic mass is 16.5. The van der Waals surface area contributed by atoms with Crippen molar-refractivity contribution in [2.75, 3.05) is 12.4 Å². The lowest BCUT2D eigenvalue weighted by atomic mass is 10.1. The molecule has 0 aliphatic heterocycles. The molecule has 2 aliphatic rings. The molecule has 6 nitrogen and oxygen atoms in total. The van der Waals surface area contributed by atoms with Gasteiger partial charge in [0.25, 0.3) is 0 Å². The summed E-state index contributed by atoms with van der Waals surface area (Å²) in [5.41, 5.74) is 5.50. The average molecular weight is 388 g/mol. The second-order valence-electron chi connectivity index (χ2n) is 7.63. The number of amides is 2. The third-order valence-corrected chi connectivity index (χ3v) is 5.91. The van der Waals surface area contributed by atoms with Gasteiger partial charge in [0.2, 0.25) is 0 Å². The Kier molecular flexibility index (Phi) is 4.56. The summed E-state index contributed by atoms with van der Waals surface area (Å²) in [5, 5.41) is 11.0. The maximum Gasteiger partial charge on any atom is 0.320 e. The Morgan fingerprint density at radius 1 is 1.10 bits per heavy atom. The number of nitrogens with one attached hydrogen (secondary N) is 2. The predicted octanol–water partition coefficient (Wildman–Crippen LogP) is 3.79. The number of carbonyl (C=O) groups excluding carboxylic acids is 1. The number of rotatable bonds is 4. The van der Waals surface area contributed by atoms with E-state index in [2.05, 4.69) is 22.8 Å². The topological polar surface area (TPSA) is 68.2 Å². The standard InChI is InChI=1S/C23H24N4O2/c1-29-20-14-15-8-5-6-11-17(15)21(20)24-23(28)25-22-18-12-7-13-19(18)26-27(22)16-9-3-2-4-10-16/h2-6,8-11,20-21H,7,12-14H2,1H3,(H2,24,25,28). The molecule has 3 aromatic rings. The Balaban J connectivity index is 1.42.